The van der Waals surface area contributed by atoms with Gasteiger partial charge in [-0.25, -0.2) is 0 Å². The van der Waals surface area contributed by atoms with Crippen molar-refractivity contribution in [2.75, 3.05) is 19.1 Å². The molecule has 4 rings (SSSR count). The average molecular weight is 500 g/mol. The van der Waals surface area contributed by atoms with Crippen LogP contribution in [0, 0.1) is 0 Å². The number of Topliss-reactive ketones (excluding diaryl/α,β-unsaturated/α-hetero) is 1. The summed E-state index contributed by atoms with van der Waals surface area (Å²) in [6, 6.07) is 14.2. The van der Waals surface area contributed by atoms with Crippen molar-refractivity contribution in [1.29, 1.82) is 0 Å². The van der Waals surface area contributed by atoms with Crippen molar-refractivity contribution in [3.63, 3.8) is 0 Å². The molecular weight excluding hydrogens is 481 g/mol. The third-order valence-electron chi connectivity index (χ3n) is 5.42. The van der Waals surface area contributed by atoms with Gasteiger partial charge in [-0.05, 0) is 54.1 Å². The third-order valence-corrected chi connectivity index (χ3v) is 5.85. The fraction of sp³-hybridized carbons (Fsp3) is 0.120. The van der Waals surface area contributed by atoms with Gasteiger partial charge in [0.2, 0.25) is 0 Å². The Hall–Kier alpha value is -3.68. The second kappa shape index (κ2) is 9.29. The second-order valence-corrected chi connectivity index (χ2v) is 8.33. The van der Waals surface area contributed by atoms with Gasteiger partial charge in [-0.2, -0.15) is 0 Å². The highest BCUT2D eigenvalue weighted by molar-refractivity contribution is 6.52. The largest absolute Gasteiger partial charge is 0.508 e. The van der Waals surface area contributed by atoms with Crippen LogP contribution in [-0.4, -0.2) is 36.1 Å². The molecule has 2 N–H and O–H groups in total. The van der Waals surface area contributed by atoms with Gasteiger partial charge in [0.1, 0.15) is 23.0 Å². The monoisotopic (exact) mass is 499 g/mol. The van der Waals surface area contributed by atoms with Gasteiger partial charge in [-0.3, -0.25) is 14.5 Å². The van der Waals surface area contributed by atoms with Crippen LogP contribution in [0.4, 0.5) is 5.69 Å². The van der Waals surface area contributed by atoms with Crippen LogP contribution in [0.3, 0.4) is 0 Å². The molecule has 0 aromatic heterocycles. The van der Waals surface area contributed by atoms with Crippen molar-refractivity contribution in [1.82, 2.24) is 0 Å². The average Bonchev–Trinajstić information content (AvgIpc) is 3.08. The first-order valence-electron chi connectivity index (χ1n) is 10.0. The summed E-state index contributed by atoms with van der Waals surface area (Å²) in [4.78, 5) is 27.7. The molecular formula is C25H19Cl2NO6. The molecule has 1 aliphatic heterocycles. The number of nitrogens with zero attached hydrogens (tertiary/aromatic N) is 1. The Morgan fingerprint density at radius 1 is 0.941 bits per heavy atom. The number of rotatable bonds is 5. The highest BCUT2D eigenvalue weighted by Gasteiger charge is 2.47. The quantitative estimate of drug-likeness (QED) is 0.279. The molecule has 1 saturated heterocycles. The van der Waals surface area contributed by atoms with Gasteiger partial charge in [0.25, 0.3) is 11.7 Å². The lowest BCUT2D eigenvalue weighted by molar-refractivity contribution is -0.132. The van der Waals surface area contributed by atoms with Crippen molar-refractivity contribution in [3.05, 3.63) is 87.4 Å². The van der Waals surface area contributed by atoms with Crippen molar-refractivity contribution in [2.24, 2.45) is 0 Å². The number of phenols is 1. The lowest BCUT2D eigenvalue weighted by Gasteiger charge is -2.26. The molecule has 3 aromatic rings. The summed E-state index contributed by atoms with van der Waals surface area (Å²) in [5, 5.41) is 22.0. The predicted molar refractivity (Wildman–Crippen MR) is 129 cm³/mol. The normalized spacial score (nSPS) is 17.2. The van der Waals surface area contributed by atoms with Crippen LogP contribution in [0.5, 0.6) is 17.2 Å². The van der Waals surface area contributed by atoms with E-state index in [9.17, 15) is 19.8 Å². The van der Waals surface area contributed by atoms with Gasteiger partial charge in [0, 0.05) is 15.7 Å². The van der Waals surface area contributed by atoms with Crippen LogP contribution in [-0.2, 0) is 9.59 Å². The molecule has 1 unspecified atom stereocenters. The zero-order valence-corrected chi connectivity index (χ0v) is 19.6. The van der Waals surface area contributed by atoms with Crippen LogP contribution >= 0.6 is 23.2 Å². The van der Waals surface area contributed by atoms with Crippen LogP contribution in [0.2, 0.25) is 10.0 Å². The number of ether oxygens (including phenoxy) is 2. The van der Waals surface area contributed by atoms with Gasteiger partial charge in [0.15, 0.2) is 0 Å². The number of hydrogen-bond acceptors (Lipinski definition) is 6. The van der Waals surface area contributed by atoms with E-state index in [1.54, 1.807) is 24.3 Å². The van der Waals surface area contributed by atoms with Crippen molar-refractivity contribution < 1.29 is 29.3 Å². The lowest BCUT2D eigenvalue weighted by atomic mass is 9.94. The Balaban J connectivity index is 2.01. The van der Waals surface area contributed by atoms with Gasteiger partial charge >= 0.3 is 0 Å². The molecule has 34 heavy (non-hydrogen) atoms. The van der Waals surface area contributed by atoms with Crippen LogP contribution in [0.15, 0.2) is 66.2 Å². The zero-order chi connectivity index (χ0) is 24.6. The van der Waals surface area contributed by atoms with E-state index in [1.165, 1.54) is 55.5 Å². The first-order chi connectivity index (χ1) is 16.2. The minimum absolute atomic E-state index is 0.0776. The summed E-state index contributed by atoms with van der Waals surface area (Å²) >= 11 is 12.3. The van der Waals surface area contributed by atoms with E-state index in [4.69, 9.17) is 32.7 Å². The molecule has 9 heteroatoms. The smallest absolute Gasteiger partial charge is 0.300 e. The number of anilines is 1. The minimum atomic E-state index is -1.09. The maximum absolute atomic E-state index is 13.3. The molecule has 1 amide bonds. The van der Waals surface area contributed by atoms with E-state index in [0.29, 0.717) is 11.3 Å². The lowest BCUT2D eigenvalue weighted by Crippen LogP contribution is -2.29. The summed E-state index contributed by atoms with van der Waals surface area (Å²) in [6.45, 7) is 0. The number of aromatic hydroxyl groups is 1. The summed E-state index contributed by atoms with van der Waals surface area (Å²) < 4.78 is 10.6. The molecule has 1 aliphatic rings. The van der Waals surface area contributed by atoms with Gasteiger partial charge in [0.05, 0.1) is 31.4 Å². The highest BCUT2D eigenvalue weighted by atomic mass is 35.5. The summed E-state index contributed by atoms with van der Waals surface area (Å²) in [6.07, 6.45) is 0. The SMILES string of the molecule is COc1ccc(OC)c(/C(O)=C2\C(=O)C(=O)N(c3cc(Cl)cc(Cl)c3)C2c2cccc(O)c2)c1. The van der Waals surface area contributed by atoms with Gasteiger partial charge in [-0.15, -0.1) is 0 Å². The second-order valence-electron chi connectivity index (χ2n) is 7.46. The van der Waals surface area contributed by atoms with Crippen molar-refractivity contribution in [2.45, 2.75) is 6.04 Å². The molecule has 7 nitrogen and oxygen atoms in total. The molecule has 0 spiro atoms. The van der Waals surface area contributed by atoms with Crippen molar-refractivity contribution in [3.8, 4) is 17.2 Å². The standard InChI is InChI=1S/C25H19Cl2NO6/c1-33-18-6-7-20(34-2)19(12-18)23(30)21-22(13-4-3-5-17(29)8-13)28(25(32)24(21)31)16-10-14(26)9-15(27)11-16/h3-12,22,29-30H,1-2H3/b23-21+. The van der Waals surface area contributed by atoms with E-state index >= 15 is 0 Å². The molecule has 0 radical (unpaired) electrons. The third kappa shape index (κ3) is 4.16. The number of halogens is 2. The molecule has 1 fully saturated rings. The predicted octanol–water partition coefficient (Wildman–Crippen LogP) is 5.34. The number of benzene rings is 3. The summed E-state index contributed by atoms with van der Waals surface area (Å²) in [7, 11) is 2.87. The number of carbonyl (C=O) groups is 2. The molecule has 3 aromatic carbocycles. The Morgan fingerprint density at radius 3 is 2.26 bits per heavy atom. The van der Waals surface area contributed by atoms with E-state index in [0.717, 1.165) is 0 Å². The fourth-order valence-electron chi connectivity index (χ4n) is 3.93. The van der Waals surface area contributed by atoms with Crippen LogP contribution < -0.4 is 14.4 Å². The first-order valence-corrected chi connectivity index (χ1v) is 10.8. The molecule has 1 atom stereocenters. The Kier molecular flexibility index (Phi) is 6.41. The number of aliphatic hydroxyl groups excluding tert-OH is 1. The number of aliphatic hydroxyl groups is 1. The van der Waals surface area contributed by atoms with Crippen LogP contribution in [0.1, 0.15) is 17.2 Å². The van der Waals surface area contributed by atoms with Crippen LogP contribution in [0.25, 0.3) is 5.76 Å². The number of hydrogen-bond donors (Lipinski definition) is 2. The number of amides is 1. The molecule has 0 aliphatic carbocycles. The Morgan fingerprint density at radius 2 is 1.65 bits per heavy atom. The first kappa shape index (κ1) is 23.5. The minimum Gasteiger partial charge on any atom is -0.508 e. The number of ketones is 1. The van der Waals surface area contributed by atoms with Gasteiger partial charge < -0.3 is 19.7 Å². The van der Waals surface area contributed by atoms with Crippen molar-refractivity contribution >= 4 is 46.3 Å². The molecule has 0 bridgehead atoms. The molecule has 174 valence electrons. The van der Waals surface area contributed by atoms with E-state index < -0.39 is 23.5 Å². The Bertz CT molecular complexity index is 1320. The number of phenolic OH excluding ortho intramolecular Hbond substituents is 1. The summed E-state index contributed by atoms with van der Waals surface area (Å²) in [5.41, 5.74) is 0.607. The molecule has 1 heterocycles. The highest BCUT2D eigenvalue weighted by Crippen LogP contribution is 2.45. The zero-order valence-electron chi connectivity index (χ0n) is 18.1. The van der Waals surface area contributed by atoms with E-state index in [-0.39, 0.29) is 38.4 Å². The number of methoxy groups -OCH3 is 2. The maximum Gasteiger partial charge on any atom is 0.300 e. The van der Waals surface area contributed by atoms with E-state index in [2.05, 4.69) is 0 Å². The fourth-order valence-corrected chi connectivity index (χ4v) is 4.45. The topological polar surface area (TPSA) is 96.3 Å². The maximum atomic E-state index is 13.3. The number of carbonyl (C=O) groups excluding carboxylic acids is 2. The Labute approximate surface area is 205 Å². The summed E-state index contributed by atoms with van der Waals surface area (Å²) in [5.74, 6) is -1.68. The molecule has 0 saturated carbocycles. The van der Waals surface area contributed by atoms with E-state index in [1.807, 2.05) is 0 Å². The van der Waals surface area contributed by atoms with Gasteiger partial charge in [-0.1, -0.05) is 35.3 Å².